The first-order chi connectivity index (χ1) is 6.31. The maximum absolute atomic E-state index is 5.11. The van der Waals surface area contributed by atoms with Crippen LogP contribution < -0.4 is 0 Å². The van der Waals surface area contributed by atoms with Crippen LogP contribution in [0.25, 0.3) is 17.5 Å². The summed E-state index contributed by atoms with van der Waals surface area (Å²) in [7, 11) is 0. The van der Waals surface area contributed by atoms with Gasteiger partial charge in [-0.1, -0.05) is 11.7 Å². The van der Waals surface area contributed by atoms with Crippen molar-refractivity contribution in [2.24, 2.45) is 0 Å². The Morgan fingerprint density at radius 3 is 2.92 bits per heavy atom. The van der Waals surface area contributed by atoms with Gasteiger partial charge in [-0.25, -0.2) is 0 Å². The van der Waals surface area contributed by atoms with Gasteiger partial charge in [-0.2, -0.15) is 4.98 Å². The number of aromatic nitrogens is 2. The highest BCUT2D eigenvalue weighted by Gasteiger charge is 2.10. The average Bonchev–Trinajstić information content (AvgIpc) is 2.71. The number of hydrogen-bond acceptors (Lipinski definition) is 4. The van der Waals surface area contributed by atoms with Gasteiger partial charge in [0.15, 0.2) is 0 Å². The Balaban J connectivity index is 2.46. The zero-order chi connectivity index (χ0) is 9.26. The molecule has 0 saturated heterocycles. The molecule has 0 amide bonds. The van der Waals surface area contributed by atoms with Crippen molar-refractivity contribution in [3.8, 4) is 11.4 Å². The van der Waals surface area contributed by atoms with E-state index in [1.54, 1.807) is 12.3 Å². The number of aryl methyl sites for hydroxylation is 1. The second-order valence-electron chi connectivity index (χ2n) is 2.55. The highest BCUT2D eigenvalue weighted by Crippen LogP contribution is 2.20. The number of furan rings is 1. The van der Waals surface area contributed by atoms with Gasteiger partial charge in [0.05, 0.1) is 11.8 Å². The van der Waals surface area contributed by atoms with Crippen molar-refractivity contribution in [3.63, 3.8) is 0 Å². The molecule has 0 aromatic carbocycles. The topological polar surface area (TPSA) is 52.1 Å². The lowest BCUT2D eigenvalue weighted by molar-refractivity contribution is 0.411. The van der Waals surface area contributed by atoms with Crippen molar-refractivity contribution >= 4 is 6.08 Å². The van der Waals surface area contributed by atoms with E-state index < -0.39 is 0 Å². The maximum Gasteiger partial charge on any atom is 0.250 e. The summed E-state index contributed by atoms with van der Waals surface area (Å²) in [6, 6.07) is 1.80. The van der Waals surface area contributed by atoms with Gasteiger partial charge in [0, 0.05) is 0 Å². The van der Waals surface area contributed by atoms with Gasteiger partial charge in [-0.05, 0) is 19.1 Å². The predicted octanol–water partition coefficient (Wildman–Crippen LogP) is 2.28. The molecule has 0 saturated carbocycles. The molecule has 13 heavy (non-hydrogen) atoms. The fourth-order valence-corrected chi connectivity index (χ4v) is 1.04. The fourth-order valence-electron chi connectivity index (χ4n) is 1.04. The van der Waals surface area contributed by atoms with E-state index in [1.165, 1.54) is 6.08 Å². The van der Waals surface area contributed by atoms with Crippen LogP contribution in [-0.4, -0.2) is 10.1 Å². The molecular weight excluding hydrogens is 168 g/mol. The van der Waals surface area contributed by atoms with Crippen molar-refractivity contribution in [2.45, 2.75) is 6.92 Å². The summed E-state index contributed by atoms with van der Waals surface area (Å²) in [6.45, 7) is 5.37. The van der Waals surface area contributed by atoms with Crippen molar-refractivity contribution < 1.29 is 8.94 Å². The second kappa shape index (κ2) is 2.90. The third-order valence-corrected chi connectivity index (χ3v) is 1.72. The first-order valence-corrected chi connectivity index (χ1v) is 3.82. The molecule has 2 heterocycles. The number of rotatable bonds is 2. The molecule has 0 bridgehead atoms. The first kappa shape index (κ1) is 7.79. The lowest BCUT2D eigenvalue weighted by Crippen LogP contribution is -1.79. The summed E-state index contributed by atoms with van der Waals surface area (Å²) in [5.41, 5.74) is 0.844. The fraction of sp³-hybridized carbons (Fsp3) is 0.111. The smallest absolute Gasteiger partial charge is 0.250 e. The number of nitrogens with zero attached hydrogens (tertiary/aromatic N) is 2. The minimum Gasteiger partial charge on any atom is -0.469 e. The van der Waals surface area contributed by atoms with E-state index in [2.05, 4.69) is 16.7 Å². The second-order valence-corrected chi connectivity index (χ2v) is 2.55. The lowest BCUT2D eigenvalue weighted by atomic mass is 10.2. The van der Waals surface area contributed by atoms with Gasteiger partial charge in [0.2, 0.25) is 11.7 Å². The van der Waals surface area contributed by atoms with Crippen LogP contribution in [0.2, 0.25) is 0 Å². The van der Waals surface area contributed by atoms with Crippen LogP contribution >= 0.6 is 0 Å². The molecule has 0 spiro atoms. The molecule has 2 rings (SSSR count). The molecule has 0 radical (unpaired) electrons. The summed E-state index contributed by atoms with van der Waals surface area (Å²) in [6.07, 6.45) is 3.10. The standard InChI is InChI=1S/C9H8N2O2/c1-3-8-10-9(11-13-8)7-4-5-12-6(7)2/h3-5H,1H2,2H3. The maximum atomic E-state index is 5.11. The zero-order valence-corrected chi connectivity index (χ0v) is 7.15. The molecule has 2 aromatic heterocycles. The van der Waals surface area contributed by atoms with E-state index in [0.29, 0.717) is 11.7 Å². The van der Waals surface area contributed by atoms with Crippen molar-refractivity contribution in [1.29, 1.82) is 0 Å². The van der Waals surface area contributed by atoms with Crippen molar-refractivity contribution in [3.05, 3.63) is 30.6 Å². The van der Waals surface area contributed by atoms with Crippen LogP contribution in [0.5, 0.6) is 0 Å². The summed E-state index contributed by atoms with van der Waals surface area (Å²) < 4.78 is 9.99. The zero-order valence-electron chi connectivity index (χ0n) is 7.15. The average molecular weight is 176 g/mol. The highest BCUT2D eigenvalue weighted by molar-refractivity contribution is 5.57. The summed E-state index contributed by atoms with van der Waals surface area (Å²) in [4.78, 5) is 4.08. The molecule has 0 unspecified atom stereocenters. The van der Waals surface area contributed by atoms with Crippen LogP contribution in [0.15, 0.2) is 27.8 Å². The van der Waals surface area contributed by atoms with E-state index in [9.17, 15) is 0 Å². The van der Waals surface area contributed by atoms with Crippen LogP contribution in [0.4, 0.5) is 0 Å². The van der Waals surface area contributed by atoms with Crippen LogP contribution in [0.1, 0.15) is 11.7 Å². The van der Waals surface area contributed by atoms with Crippen molar-refractivity contribution in [1.82, 2.24) is 10.1 Å². The molecule has 66 valence electrons. The Bertz CT molecular complexity index is 428. The summed E-state index contributed by atoms with van der Waals surface area (Å²) in [5, 5.41) is 3.77. The predicted molar refractivity (Wildman–Crippen MR) is 46.8 cm³/mol. The molecule has 0 aliphatic heterocycles. The van der Waals surface area contributed by atoms with Crippen LogP contribution in [0.3, 0.4) is 0 Å². The summed E-state index contributed by atoms with van der Waals surface area (Å²) in [5.74, 6) is 1.72. The third kappa shape index (κ3) is 1.26. The molecule has 0 N–H and O–H groups in total. The monoisotopic (exact) mass is 176 g/mol. The Morgan fingerprint density at radius 2 is 2.38 bits per heavy atom. The molecular formula is C9H8N2O2. The Kier molecular flexibility index (Phi) is 1.73. The largest absolute Gasteiger partial charge is 0.469 e. The van der Waals surface area contributed by atoms with E-state index in [1.807, 2.05) is 6.92 Å². The molecule has 0 fully saturated rings. The quantitative estimate of drug-likeness (QED) is 0.704. The third-order valence-electron chi connectivity index (χ3n) is 1.72. The first-order valence-electron chi connectivity index (χ1n) is 3.82. The molecule has 0 aliphatic rings. The molecule has 2 aromatic rings. The molecule has 4 nitrogen and oxygen atoms in total. The molecule has 4 heteroatoms. The van der Waals surface area contributed by atoms with Gasteiger partial charge < -0.3 is 8.94 Å². The Morgan fingerprint density at radius 1 is 1.54 bits per heavy atom. The van der Waals surface area contributed by atoms with Gasteiger partial charge >= 0.3 is 0 Å². The van der Waals surface area contributed by atoms with E-state index >= 15 is 0 Å². The minimum absolute atomic E-state index is 0.413. The Hall–Kier alpha value is -1.84. The van der Waals surface area contributed by atoms with E-state index in [0.717, 1.165) is 11.3 Å². The van der Waals surface area contributed by atoms with Gasteiger partial charge in [0.25, 0.3) is 0 Å². The Labute approximate surface area is 74.9 Å². The van der Waals surface area contributed by atoms with E-state index in [-0.39, 0.29) is 0 Å². The SMILES string of the molecule is C=Cc1nc(-c2ccoc2C)no1. The van der Waals surface area contributed by atoms with Crippen LogP contribution in [0, 0.1) is 6.92 Å². The van der Waals surface area contributed by atoms with Crippen molar-refractivity contribution in [2.75, 3.05) is 0 Å². The molecule has 0 aliphatic carbocycles. The van der Waals surface area contributed by atoms with E-state index in [4.69, 9.17) is 8.94 Å². The highest BCUT2D eigenvalue weighted by atomic mass is 16.5. The molecule has 0 atom stereocenters. The number of hydrogen-bond donors (Lipinski definition) is 0. The normalized spacial score (nSPS) is 10.2. The van der Waals surface area contributed by atoms with Gasteiger partial charge in [-0.15, -0.1) is 0 Å². The van der Waals surface area contributed by atoms with Crippen LogP contribution in [-0.2, 0) is 0 Å². The minimum atomic E-state index is 0.413. The lowest BCUT2D eigenvalue weighted by Gasteiger charge is -1.86. The summed E-state index contributed by atoms with van der Waals surface area (Å²) >= 11 is 0. The van der Waals surface area contributed by atoms with Gasteiger partial charge in [0.1, 0.15) is 5.76 Å². The van der Waals surface area contributed by atoms with Gasteiger partial charge in [-0.3, -0.25) is 0 Å².